The number of esters is 2. The van der Waals surface area contributed by atoms with Gasteiger partial charge in [0.05, 0.1) is 13.2 Å². The first kappa shape index (κ1) is 19.7. The lowest BCUT2D eigenvalue weighted by Gasteiger charge is -2.29. The molecule has 132 valence electrons. The first-order valence-corrected chi connectivity index (χ1v) is 7.92. The van der Waals surface area contributed by atoms with E-state index in [1.807, 2.05) is 19.9 Å². The molecular weight excluding hydrogens is 312 g/mol. The maximum atomic E-state index is 12.7. The molecule has 0 spiro atoms. The summed E-state index contributed by atoms with van der Waals surface area (Å²) in [5.41, 5.74) is 0.344. The minimum absolute atomic E-state index is 0.0812. The summed E-state index contributed by atoms with van der Waals surface area (Å²) >= 11 is 0. The number of carbonyl (C=O) groups excluding carboxylic acids is 2. The molecule has 0 amide bonds. The average Bonchev–Trinajstić information content (AvgIpc) is 2.47. The van der Waals surface area contributed by atoms with Crippen LogP contribution in [-0.2, 0) is 29.3 Å². The number of carbonyl (C=O) groups is 3. The highest BCUT2D eigenvalue weighted by molar-refractivity contribution is 6.06. The first-order chi connectivity index (χ1) is 11.3. The normalized spacial score (nSPS) is 11.0. The second-order valence-corrected chi connectivity index (χ2v) is 5.62. The standard InChI is InChI=1S/C18H24O6/c1-5-23-16(21)18(8-7-15(19)20,17(22)24-6-2)14-10-12(3)9-13(4)11-14/h9-11H,5-8H2,1-4H3,(H,19,20). The van der Waals surface area contributed by atoms with Crippen LogP contribution in [0, 0.1) is 13.8 Å². The second kappa shape index (κ2) is 8.47. The zero-order chi connectivity index (χ0) is 18.3. The van der Waals surface area contributed by atoms with Crippen molar-refractivity contribution in [2.45, 2.75) is 46.0 Å². The SMILES string of the molecule is CCOC(=O)C(CCC(=O)O)(C(=O)OCC)c1cc(C)cc(C)c1. The zero-order valence-corrected chi connectivity index (χ0v) is 14.5. The van der Waals surface area contributed by atoms with Gasteiger partial charge in [-0.3, -0.25) is 14.4 Å². The van der Waals surface area contributed by atoms with Crippen LogP contribution in [0.2, 0.25) is 0 Å². The van der Waals surface area contributed by atoms with Gasteiger partial charge in [0.15, 0.2) is 5.41 Å². The number of aryl methyl sites for hydroxylation is 2. The van der Waals surface area contributed by atoms with Crippen molar-refractivity contribution in [2.75, 3.05) is 13.2 Å². The van der Waals surface area contributed by atoms with Crippen LogP contribution in [0.1, 0.15) is 43.4 Å². The number of benzene rings is 1. The highest BCUT2D eigenvalue weighted by atomic mass is 16.6. The molecule has 0 heterocycles. The molecule has 0 unspecified atom stereocenters. The van der Waals surface area contributed by atoms with Crippen LogP contribution in [0.4, 0.5) is 0 Å². The van der Waals surface area contributed by atoms with Crippen LogP contribution in [0.25, 0.3) is 0 Å². The fraction of sp³-hybridized carbons (Fsp3) is 0.500. The summed E-state index contributed by atoms with van der Waals surface area (Å²) in [6.45, 7) is 7.11. The molecule has 0 atom stereocenters. The van der Waals surface area contributed by atoms with Gasteiger partial charge in [0.1, 0.15) is 0 Å². The molecule has 24 heavy (non-hydrogen) atoms. The summed E-state index contributed by atoms with van der Waals surface area (Å²) in [5.74, 6) is -2.67. The lowest BCUT2D eigenvalue weighted by Crippen LogP contribution is -2.46. The molecular formula is C18H24O6. The Hall–Kier alpha value is -2.37. The van der Waals surface area contributed by atoms with Gasteiger partial charge in [0.25, 0.3) is 0 Å². The van der Waals surface area contributed by atoms with Gasteiger partial charge in [0, 0.05) is 6.42 Å². The molecule has 0 radical (unpaired) electrons. The summed E-state index contributed by atoms with van der Waals surface area (Å²) in [6, 6.07) is 5.30. The van der Waals surface area contributed by atoms with E-state index in [2.05, 4.69) is 0 Å². The van der Waals surface area contributed by atoms with Crippen LogP contribution in [-0.4, -0.2) is 36.2 Å². The summed E-state index contributed by atoms with van der Waals surface area (Å²) < 4.78 is 10.2. The Bertz CT molecular complexity index is 582. The van der Waals surface area contributed by atoms with Crippen molar-refractivity contribution in [3.8, 4) is 0 Å². The molecule has 0 aromatic heterocycles. The van der Waals surface area contributed by atoms with E-state index < -0.39 is 23.3 Å². The fourth-order valence-electron chi connectivity index (χ4n) is 2.69. The Kier molecular flexibility index (Phi) is 6.95. The van der Waals surface area contributed by atoms with Crippen LogP contribution < -0.4 is 0 Å². The highest BCUT2D eigenvalue weighted by Gasteiger charge is 2.50. The van der Waals surface area contributed by atoms with Crippen LogP contribution in [0.3, 0.4) is 0 Å². The molecule has 0 aliphatic carbocycles. The molecule has 6 heteroatoms. The number of carboxylic acids is 1. The third-order valence-electron chi connectivity index (χ3n) is 3.68. The lowest BCUT2D eigenvalue weighted by atomic mass is 9.75. The molecule has 0 bridgehead atoms. The smallest absolute Gasteiger partial charge is 0.328 e. The van der Waals surface area contributed by atoms with Crippen molar-refractivity contribution in [1.82, 2.24) is 0 Å². The van der Waals surface area contributed by atoms with Crippen molar-refractivity contribution in [2.24, 2.45) is 0 Å². The molecule has 0 fully saturated rings. The van der Waals surface area contributed by atoms with E-state index in [0.717, 1.165) is 11.1 Å². The summed E-state index contributed by atoms with van der Waals surface area (Å²) in [7, 11) is 0. The minimum Gasteiger partial charge on any atom is -0.481 e. The van der Waals surface area contributed by atoms with E-state index in [1.165, 1.54) is 0 Å². The Labute approximate surface area is 141 Å². The third-order valence-corrected chi connectivity index (χ3v) is 3.68. The topological polar surface area (TPSA) is 89.9 Å². The number of aliphatic carboxylic acids is 1. The number of carboxylic acid groups (broad SMARTS) is 1. The number of hydrogen-bond donors (Lipinski definition) is 1. The number of rotatable bonds is 8. The second-order valence-electron chi connectivity index (χ2n) is 5.62. The molecule has 1 aromatic rings. The quantitative estimate of drug-likeness (QED) is 0.579. The number of ether oxygens (including phenoxy) is 2. The summed E-state index contributed by atoms with van der Waals surface area (Å²) in [5, 5.41) is 9.05. The van der Waals surface area contributed by atoms with Gasteiger partial charge in [-0.05, 0) is 39.7 Å². The van der Waals surface area contributed by atoms with Gasteiger partial charge in [-0.25, -0.2) is 0 Å². The minimum atomic E-state index is -1.78. The molecule has 1 rings (SSSR count). The van der Waals surface area contributed by atoms with Crippen molar-refractivity contribution in [3.63, 3.8) is 0 Å². The molecule has 0 saturated carbocycles. The predicted molar refractivity (Wildman–Crippen MR) is 87.7 cm³/mol. The van der Waals surface area contributed by atoms with E-state index in [1.54, 1.807) is 26.0 Å². The molecule has 0 aliphatic heterocycles. The monoisotopic (exact) mass is 336 g/mol. The largest absolute Gasteiger partial charge is 0.481 e. The van der Waals surface area contributed by atoms with Gasteiger partial charge < -0.3 is 14.6 Å². The van der Waals surface area contributed by atoms with Gasteiger partial charge in [-0.1, -0.05) is 29.3 Å². The molecule has 1 N–H and O–H groups in total. The summed E-state index contributed by atoms with van der Waals surface area (Å²) in [4.78, 5) is 36.5. The van der Waals surface area contributed by atoms with Crippen molar-refractivity contribution in [1.29, 1.82) is 0 Å². The fourth-order valence-corrected chi connectivity index (χ4v) is 2.69. The maximum Gasteiger partial charge on any atom is 0.328 e. The predicted octanol–water partition coefficient (Wildman–Crippen LogP) is 2.53. The van der Waals surface area contributed by atoms with Gasteiger partial charge in [-0.2, -0.15) is 0 Å². The molecule has 0 aliphatic rings. The van der Waals surface area contributed by atoms with Crippen LogP contribution in [0.15, 0.2) is 18.2 Å². The Balaban J connectivity index is 3.56. The van der Waals surface area contributed by atoms with Gasteiger partial charge in [-0.15, -0.1) is 0 Å². The van der Waals surface area contributed by atoms with E-state index >= 15 is 0 Å². The maximum absolute atomic E-state index is 12.7. The van der Waals surface area contributed by atoms with Crippen LogP contribution >= 0.6 is 0 Å². The van der Waals surface area contributed by atoms with Gasteiger partial charge in [0.2, 0.25) is 0 Å². The van der Waals surface area contributed by atoms with E-state index in [9.17, 15) is 14.4 Å². The Morgan fingerprint density at radius 2 is 1.42 bits per heavy atom. The number of hydrogen-bond acceptors (Lipinski definition) is 5. The molecule has 0 saturated heterocycles. The lowest BCUT2D eigenvalue weighted by molar-refractivity contribution is -0.165. The zero-order valence-electron chi connectivity index (χ0n) is 14.5. The molecule has 1 aromatic carbocycles. The highest BCUT2D eigenvalue weighted by Crippen LogP contribution is 2.34. The van der Waals surface area contributed by atoms with Gasteiger partial charge >= 0.3 is 17.9 Å². The Morgan fingerprint density at radius 3 is 1.79 bits per heavy atom. The average molecular weight is 336 g/mol. The molecule has 6 nitrogen and oxygen atoms in total. The van der Waals surface area contributed by atoms with Crippen molar-refractivity contribution >= 4 is 17.9 Å². The van der Waals surface area contributed by atoms with E-state index in [-0.39, 0.29) is 26.1 Å². The van der Waals surface area contributed by atoms with E-state index in [0.29, 0.717) is 5.56 Å². The Morgan fingerprint density at radius 1 is 0.958 bits per heavy atom. The third kappa shape index (κ3) is 4.34. The van der Waals surface area contributed by atoms with Crippen LogP contribution in [0.5, 0.6) is 0 Å². The first-order valence-electron chi connectivity index (χ1n) is 7.92. The van der Waals surface area contributed by atoms with Crippen molar-refractivity contribution in [3.05, 3.63) is 34.9 Å². The van der Waals surface area contributed by atoms with Crippen molar-refractivity contribution < 1.29 is 29.0 Å². The van der Waals surface area contributed by atoms with E-state index in [4.69, 9.17) is 14.6 Å². The summed E-state index contributed by atoms with van der Waals surface area (Å²) in [6.07, 6.45) is -0.576.